The summed E-state index contributed by atoms with van der Waals surface area (Å²) in [4.78, 5) is 17.6. The van der Waals surface area contributed by atoms with E-state index in [1.807, 2.05) is 30.3 Å². The second-order valence-electron chi connectivity index (χ2n) is 7.09. The molecule has 0 spiro atoms. The molecule has 2 aromatic carbocycles. The van der Waals surface area contributed by atoms with Crippen LogP contribution in [-0.2, 0) is 22.1 Å². The third kappa shape index (κ3) is 4.88. The molecule has 0 saturated carbocycles. The van der Waals surface area contributed by atoms with Gasteiger partial charge in [-0.15, -0.1) is 11.3 Å². The van der Waals surface area contributed by atoms with Crippen molar-refractivity contribution in [3.63, 3.8) is 0 Å². The highest BCUT2D eigenvalue weighted by Gasteiger charge is 2.32. The molecule has 1 aromatic heterocycles. The van der Waals surface area contributed by atoms with Crippen LogP contribution in [0, 0.1) is 0 Å². The second-order valence-corrected chi connectivity index (χ2v) is 8.21. The molecular formula is C22H19F3N2O2S. The molecule has 2 atom stereocenters. The number of alkyl halides is 3. The third-order valence-corrected chi connectivity index (χ3v) is 5.84. The first kappa shape index (κ1) is 20.6. The molecule has 2 heterocycles. The standard InChI is InChI=1S/C22H19F3N2O2S/c23-22(24,25)16-8-6-14(7-9-16)12-17-13-26-21(30-17)27-20(28)19-11-10-18(29-19)15-4-2-1-3-5-15/h1-9,13,18-19H,10-12H2,(H,26,27,28). The zero-order valence-electron chi connectivity index (χ0n) is 15.9. The van der Waals surface area contributed by atoms with E-state index < -0.39 is 17.8 Å². The Kier molecular flexibility index (Phi) is 5.87. The van der Waals surface area contributed by atoms with Crippen molar-refractivity contribution in [2.75, 3.05) is 5.32 Å². The molecule has 0 aliphatic carbocycles. The number of amides is 1. The number of carbonyl (C=O) groups excluding carboxylic acids is 1. The first-order valence-corrected chi connectivity index (χ1v) is 10.3. The third-order valence-electron chi connectivity index (χ3n) is 4.93. The number of benzene rings is 2. The molecule has 2 unspecified atom stereocenters. The summed E-state index contributed by atoms with van der Waals surface area (Å²) in [6.07, 6.45) is -1.48. The van der Waals surface area contributed by atoms with Crippen molar-refractivity contribution in [1.29, 1.82) is 0 Å². The fraction of sp³-hybridized carbons (Fsp3) is 0.273. The number of rotatable bonds is 5. The van der Waals surface area contributed by atoms with Crippen LogP contribution in [0.5, 0.6) is 0 Å². The minimum atomic E-state index is -4.34. The van der Waals surface area contributed by atoms with E-state index in [1.165, 1.54) is 23.5 Å². The molecular weight excluding hydrogens is 413 g/mol. The number of thiazole rings is 1. The highest BCUT2D eigenvalue weighted by Crippen LogP contribution is 2.33. The number of hydrogen-bond donors (Lipinski definition) is 1. The molecule has 1 aliphatic rings. The fourth-order valence-corrected chi connectivity index (χ4v) is 4.24. The smallest absolute Gasteiger partial charge is 0.360 e. The number of nitrogens with one attached hydrogen (secondary N) is 1. The number of halogens is 3. The van der Waals surface area contributed by atoms with Gasteiger partial charge in [-0.1, -0.05) is 42.5 Å². The molecule has 1 aliphatic heterocycles. The molecule has 8 heteroatoms. The zero-order valence-corrected chi connectivity index (χ0v) is 16.7. The first-order valence-electron chi connectivity index (χ1n) is 9.50. The van der Waals surface area contributed by atoms with Gasteiger partial charge in [-0.05, 0) is 36.1 Å². The summed E-state index contributed by atoms with van der Waals surface area (Å²) < 4.78 is 43.9. The Balaban J connectivity index is 1.33. The number of hydrogen-bond acceptors (Lipinski definition) is 4. The lowest BCUT2D eigenvalue weighted by Gasteiger charge is -2.13. The number of carbonyl (C=O) groups is 1. The van der Waals surface area contributed by atoms with Crippen molar-refractivity contribution in [3.8, 4) is 0 Å². The summed E-state index contributed by atoms with van der Waals surface area (Å²) in [7, 11) is 0. The van der Waals surface area contributed by atoms with E-state index in [-0.39, 0.29) is 12.0 Å². The maximum atomic E-state index is 12.7. The fourth-order valence-electron chi connectivity index (χ4n) is 3.39. The van der Waals surface area contributed by atoms with Gasteiger partial charge in [-0.3, -0.25) is 10.1 Å². The van der Waals surface area contributed by atoms with Gasteiger partial charge in [0.1, 0.15) is 6.10 Å². The maximum Gasteiger partial charge on any atom is 0.416 e. The summed E-state index contributed by atoms with van der Waals surface area (Å²) in [6, 6.07) is 14.8. The van der Waals surface area contributed by atoms with E-state index in [0.717, 1.165) is 34.6 Å². The SMILES string of the molecule is O=C(Nc1ncc(Cc2ccc(C(F)(F)F)cc2)s1)C1CCC(c2ccccc2)O1. The van der Waals surface area contributed by atoms with Gasteiger partial charge < -0.3 is 4.74 Å². The Bertz CT molecular complexity index is 1000. The minimum Gasteiger partial charge on any atom is -0.360 e. The van der Waals surface area contributed by atoms with E-state index in [9.17, 15) is 18.0 Å². The first-order chi connectivity index (χ1) is 14.4. The van der Waals surface area contributed by atoms with Gasteiger partial charge in [0.15, 0.2) is 5.13 Å². The Labute approximate surface area is 175 Å². The molecule has 1 amide bonds. The number of aromatic nitrogens is 1. The van der Waals surface area contributed by atoms with E-state index in [0.29, 0.717) is 18.0 Å². The Morgan fingerprint density at radius 2 is 1.83 bits per heavy atom. The summed E-state index contributed by atoms with van der Waals surface area (Å²) in [6.45, 7) is 0. The predicted molar refractivity (Wildman–Crippen MR) is 108 cm³/mol. The van der Waals surface area contributed by atoms with Crippen LogP contribution in [0.2, 0.25) is 0 Å². The largest absolute Gasteiger partial charge is 0.416 e. The van der Waals surface area contributed by atoms with Gasteiger partial charge in [0, 0.05) is 17.5 Å². The molecule has 0 bridgehead atoms. The highest BCUT2D eigenvalue weighted by molar-refractivity contribution is 7.15. The normalized spacial score (nSPS) is 19.0. The lowest BCUT2D eigenvalue weighted by atomic mass is 10.1. The van der Waals surface area contributed by atoms with E-state index in [2.05, 4.69) is 10.3 Å². The molecule has 0 radical (unpaired) electrons. The summed E-state index contributed by atoms with van der Waals surface area (Å²) in [5.41, 5.74) is 1.13. The molecule has 4 rings (SSSR count). The van der Waals surface area contributed by atoms with Crippen molar-refractivity contribution in [3.05, 3.63) is 82.4 Å². The number of nitrogens with zero attached hydrogens (tertiary/aromatic N) is 1. The number of anilines is 1. The van der Waals surface area contributed by atoms with Crippen molar-refractivity contribution in [2.24, 2.45) is 0 Å². The summed E-state index contributed by atoms with van der Waals surface area (Å²) in [5, 5.41) is 3.24. The average molecular weight is 432 g/mol. The van der Waals surface area contributed by atoms with Crippen LogP contribution in [0.15, 0.2) is 60.8 Å². The summed E-state index contributed by atoms with van der Waals surface area (Å²) >= 11 is 1.30. The van der Waals surface area contributed by atoms with Crippen LogP contribution < -0.4 is 5.32 Å². The molecule has 1 saturated heterocycles. The maximum absolute atomic E-state index is 12.7. The van der Waals surface area contributed by atoms with Crippen LogP contribution in [0.3, 0.4) is 0 Å². The Morgan fingerprint density at radius 1 is 1.10 bits per heavy atom. The Hall–Kier alpha value is -2.71. The van der Waals surface area contributed by atoms with Crippen LogP contribution in [-0.4, -0.2) is 17.0 Å². The van der Waals surface area contributed by atoms with Gasteiger partial charge in [0.2, 0.25) is 0 Å². The van der Waals surface area contributed by atoms with Crippen LogP contribution in [0.4, 0.5) is 18.3 Å². The minimum absolute atomic E-state index is 0.0894. The molecule has 30 heavy (non-hydrogen) atoms. The van der Waals surface area contributed by atoms with Gasteiger partial charge in [-0.25, -0.2) is 4.98 Å². The topological polar surface area (TPSA) is 51.2 Å². The quantitative estimate of drug-likeness (QED) is 0.570. The van der Waals surface area contributed by atoms with Gasteiger partial charge >= 0.3 is 6.18 Å². The zero-order chi connectivity index (χ0) is 21.1. The average Bonchev–Trinajstić information content (AvgIpc) is 3.38. The van der Waals surface area contributed by atoms with E-state index in [4.69, 9.17) is 4.74 Å². The lowest BCUT2D eigenvalue weighted by Crippen LogP contribution is -2.27. The van der Waals surface area contributed by atoms with Crippen molar-refractivity contribution in [1.82, 2.24) is 4.98 Å². The monoisotopic (exact) mass is 432 g/mol. The molecule has 156 valence electrons. The second kappa shape index (κ2) is 8.57. The van der Waals surface area contributed by atoms with Gasteiger partial charge in [0.25, 0.3) is 5.91 Å². The van der Waals surface area contributed by atoms with Crippen LogP contribution in [0.1, 0.15) is 40.5 Å². The van der Waals surface area contributed by atoms with Crippen molar-refractivity contribution < 1.29 is 22.7 Å². The van der Waals surface area contributed by atoms with Gasteiger partial charge in [0.05, 0.1) is 11.7 Å². The number of ether oxygens (including phenoxy) is 1. The van der Waals surface area contributed by atoms with E-state index in [1.54, 1.807) is 6.20 Å². The van der Waals surface area contributed by atoms with Crippen LogP contribution >= 0.6 is 11.3 Å². The van der Waals surface area contributed by atoms with Gasteiger partial charge in [-0.2, -0.15) is 13.2 Å². The molecule has 1 N–H and O–H groups in total. The summed E-state index contributed by atoms with van der Waals surface area (Å²) in [5.74, 6) is -0.233. The predicted octanol–water partition coefficient (Wildman–Crippen LogP) is 5.61. The van der Waals surface area contributed by atoms with E-state index >= 15 is 0 Å². The molecule has 4 nitrogen and oxygen atoms in total. The van der Waals surface area contributed by atoms with Crippen LogP contribution in [0.25, 0.3) is 0 Å². The highest BCUT2D eigenvalue weighted by atomic mass is 32.1. The lowest BCUT2D eigenvalue weighted by molar-refractivity contribution is -0.137. The van der Waals surface area contributed by atoms with Crippen molar-refractivity contribution in [2.45, 2.75) is 37.6 Å². The Morgan fingerprint density at radius 3 is 2.53 bits per heavy atom. The molecule has 3 aromatic rings. The van der Waals surface area contributed by atoms with Crippen molar-refractivity contribution >= 4 is 22.4 Å². The molecule has 1 fully saturated rings.